The average molecular weight is 254 g/mol. The van der Waals surface area contributed by atoms with E-state index in [-0.39, 0.29) is 11.2 Å². The summed E-state index contributed by atoms with van der Waals surface area (Å²) in [6.45, 7) is 2.82. The van der Waals surface area contributed by atoms with Gasteiger partial charge in [0.05, 0.1) is 17.2 Å². The molecule has 1 heterocycles. The van der Waals surface area contributed by atoms with Crippen LogP contribution in [-0.2, 0) is 12.0 Å². The predicted molar refractivity (Wildman–Crippen MR) is 74.2 cm³/mol. The van der Waals surface area contributed by atoms with Crippen molar-refractivity contribution in [2.45, 2.75) is 38.1 Å². The molecule has 1 aromatic heterocycles. The summed E-state index contributed by atoms with van der Waals surface area (Å²) in [6, 6.07) is 10.2. The minimum absolute atomic E-state index is 0.227. The van der Waals surface area contributed by atoms with Gasteiger partial charge in [-0.2, -0.15) is 5.10 Å². The van der Waals surface area contributed by atoms with Gasteiger partial charge >= 0.3 is 0 Å². The lowest BCUT2D eigenvalue weighted by atomic mass is 9.61. The molecule has 0 amide bonds. The fraction of sp³-hybridized carbons (Fsp3) is 0.375. The molecule has 0 saturated heterocycles. The standard InChI is InChI=1S/C16H18N2O/c1-2-18-12-13(11-17-18)15(19)16(9-6-10-16)14-7-4-3-5-8-14/h3-5,7-8,11-12H,2,6,9-10H2,1H3. The van der Waals surface area contributed by atoms with Crippen LogP contribution in [0.3, 0.4) is 0 Å². The topological polar surface area (TPSA) is 34.9 Å². The van der Waals surface area contributed by atoms with E-state index in [0.29, 0.717) is 0 Å². The van der Waals surface area contributed by atoms with Gasteiger partial charge in [0.15, 0.2) is 5.78 Å². The maximum Gasteiger partial charge on any atom is 0.176 e. The Kier molecular flexibility index (Phi) is 2.97. The number of benzene rings is 1. The van der Waals surface area contributed by atoms with Crippen LogP contribution in [0.4, 0.5) is 0 Å². The Morgan fingerprint density at radius 2 is 2.05 bits per heavy atom. The zero-order valence-corrected chi connectivity index (χ0v) is 11.2. The first-order valence-corrected chi connectivity index (χ1v) is 6.89. The number of aromatic nitrogens is 2. The van der Waals surface area contributed by atoms with Gasteiger partial charge in [-0.1, -0.05) is 36.8 Å². The van der Waals surface area contributed by atoms with Crippen LogP contribution in [0.25, 0.3) is 0 Å². The van der Waals surface area contributed by atoms with E-state index in [2.05, 4.69) is 17.2 Å². The molecular weight excluding hydrogens is 236 g/mol. The molecule has 3 heteroatoms. The normalized spacial score (nSPS) is 16.9. The number of aryl methyl sites for hydroxylation is 1. The maximum atomic E-state index is 12.8. The minimum Gasteiger partial charge on any atom is -0.293 e. The van der Waals surface area contributed by atoms with E-state index in [4.69, 9.17) is 0 Å². The monoisotopic (exact) mass is 254 g/mol. The molecule has 2 aromatic rings. The quantitative estimate of drug-likeness (QED) is 0.785. The maximum absolute atomic E-state index is 12.8. The SMILES string of the molecule is CCn1cc(C(=O)C2(c3ccccc3)CCC2)cn1. The lowest BCUT2D eigenvalue weighted by Crippen LogP contribution is -2.42. The summed E-state index contributed by atoms with van der Waals surface area (Å²) in [5.41, 5.74) is 1.59. The van der Waals surface area contributed by atoms with Gasteiger partial charge in [-0.05, 0) is 25.3 Å². The molecule has 0 radical (unpaired) electrons. The highest BCUT2D eigenvalue weighted by Crippen LogP contribution is 2.45. The largest absolute Gasteiger partial charge is 0.293 e. The molecule has 3 nitrogen and oxygen atoms in total. The van der Waals surface area contributed by atoms with Gasteiger partial charge in [0.1, 0.15) is 0 Å². The zero-order chi connectivity index (χ0) is 13.3. The Labute approximate surface area is 113 Å². The van der Waals surface area contributed by atoms with E-state index in [9.17, 15) is 4.79 Å². The van der Waals surface area contributed by atoms with Gasteiger partial charge < -0.3 is 0 Å². The van der Waals surface area contributed by atoms with Crippen LogP contribution in [0.5, 0.6) is 0 Å². The van der Waals surface area contributed by atoms with Crippen molar-refractivity contribution in [2.24, 2.45) is 0 Å². The van der Waals surface area contributed by atoms with Crippen molar-refractivity contribution in [3.05, 3.63) is 53.9 Å². The van der Waals surface area contributed by atoms with Gasteiger partial charge in [0, 0.05) is 12.7 Å². The average Bonchev–Trinajstić information content (AvgIpc) is 2.87. The van der Waals surface area contributed by atoms with Gasteiger partial charge in [-0.3, -0.25) is 9.48 Å². The molecule has 1 saturated carbocycles. The third-order valence-electron chi connectivity index (χ3n) is 4.19. The third-order valence-corrected chi connectivity index (χ3v) is 4.19. The van der Waals surface area contributed by atoms with Crippen molar-refractivity contribution >= 4 is 5.78 Å². The van der Waals surface area contributed by atoms with Crippen LogP contribution < -0.4 is 0 Å². The molecule has 98 valence electrons. The lowest BCUT2D eigenvalue weighted by molar-refractivity contribution is 0.0789. The summed E-state index contributed by atoms with van der Waals surface area (Å²) in [6.07, 6.45) is 6.60. The summed E-state index contributed by atoms with van der Waals surface area (Å²) in [5, 5.41) is 4.22. The minimum atomic E-state index is -0.303. The van der Waals surface area contributed by atoms with Crippen molar-refractivity contribution in [3.8, 4) is 0 Å². The first kappa shape index (κ1) is 12.2. The molecule has 19 heavy (non-hydrogen) atoms. The van der Waals surface area contributed by atoms with Crippen LogP contribution in [0, 0.1) is 0 Å². The fourth-order valence-corrected chi connectivity index (χ4v) is 2.86. The van der Waals surface area contributed by atoms with Crippen LogP contribution in [0.15, 0.2) is 42.7 Å². The lowest BCUT2D eigenvalue weighted by Gasteiger charge is -2.40. The zero-order valence-electron chi connectivity index (χ0n) is 11.2. The number of hydrogen-bond donors (Lipinski definition) is 0. The van der Waals surface area contributed by atoms with Crippen LogP contribution in [-0.4, -0.2) is 15.6 Å². The van der Waals surface area contributed by atoms with Crippen molar-refractivity contribution in [3.63, 3.8) is 0 Å². The number of ketones is 1. The van der Waals surface area contributed by atoms with E-state index in [0.717, 1.165) is 36.9 Å². The molecule has 1 aliphatic carbocycles. The van der Waals surface area contributed by atoms with Gasteiger partial charge in [-0.25, -0.2) is 0 Å². The summed E-state index contributed by atoms with van der Waals surface area (Å²) in [5.74, 6) is 0.227. The summed E-state index contributed by atoms with van der Waals surface area (Å²) >= 11 is 0. The number of carbonyl (C=O) groups is 1. The first-order chi connectivity index (χ1) is 9.26. The molecule has 0 N–H and O–H groups in total. The van der Waals surface area contributed by atoms with E-state index in [1.165, 1.54) is 0 Å². The summed E-state index contributed by atoms with van der Waals surface area (Å²) in [4.78, 5) is 12.8. The Hall–Kier alpha value is -1.90. The van der Waals surface area contributed by atoms with Crippen LogP contribution in [0.2, 0.25) is 0 Å². The number of nitrogens with zero attached hydrogens (tertiary/aromatic N) is 2. The molecule has 0 atom stereocenters. The van der Waals surface area contributed by atoms with E-state index in [1.54, 1.807) is 6.20 Å². The number of Topliss-reactive ketones (excluding diaryl/α,β-unsaturated/α-hetero) is 1. The van der Waals surface area contributed by atoms with Crippen LogP contribution in [0.1, 0.15) is 42.1 Å². The molecule has 0 spiro atoms. The second-order valence-electron chi connectivity index (χ2n) is 5.22. The fourth-order valence-electron chi connectivity index (χ4n) is 2.86. The highest BCUT2D eigenvalue weighted by molar-refractivity contribution is 6.04. The molecular formula is C16H18N2O. The molecule has 1 fully saturated rings. The number of rotatable bonds is 4. The van der Waals surface area contributed by atoms with E-state index >= 15 is 0 Å². The Balaban J connectivity index is 1.96. The summed E-state index contributed by atoms with van der Waals surface area (Å²) in [7, 11) is 0. The highest BCUT2D eigenvalue weighted by atomic mass is 16.1. The Morgan fingerprint density at radius 1 is 1.32 bits per heavy atom. The van der Waals surface area contributed by atoms with E-state index < -0.39 is 0 Å². The van der Waals surface area contributed by atoms with Crippen molar-refractivity contribution in [1.29, 1.82) is 0 Å². The number of hydrogen-bond acceptors (Lipinski definition) is 2. The van der Waals surface area contributed by atoms with Crippen molar-refractivity contribution in [1.82, 2.24) is 9.78 Å². The van der Waals surface area contributed by atoms with Crippen LogP contribution >= 0.6 is 0 Å². The first-order valence-electron chi connectivity index (χ1n) is 6.89. The molecule has 0 aliphatic heterocycles. The molecule has 3 rings (SSSR count). The summed E-state index contributed by atoms with van der Waals surface area (Å²) < 4.78 is 1.81. The number of carbonyl (C=O) groups excluding carboxylic acids is 1. The van der Waals surface area contributed by atoms with Gasteiger partial charge in [0.2, 0.25) is 0 Å². The molecule has 0 bridgehead atoms. The smallest absolute Gasteiger partial charge is 0.176 e. The van der Waals surface area contributed by atoms with Crippen molar-refractivity contribution in [2.75, 3.05) is 0 Å². The van der Waals surface area contributed by atoms with E-state index in [1.807, 2.05) is 36.0 Å². The van der Waals surface area contributed by atoms with Crippen molar-refractivity contribution < 1.29 is 4.79 Å². The van der Waals surface area contributed by atoms with Gasteiger partial charge in [-0.15, -0.1) is 0 Å². The third kappa shape index (κ3) is 1.89. The van der Waals surface area contributed by atoms with Gasteiger partial charge in [0.25, 0.3) is 0 Å². The Bertz CT molecular complexity index is 582. The highest BCUT2D eigenvalue weighted by Gasteiger charge is 2.45. The Morgan fingerprint density at radius 3 is 2.58 bits per heavy atom. The second kappa shape index (κ2) is 4.65. The molecule has 1 aliphatic rings. The molecule has 0 unspecified atom stereocenters. The predicted octanol–water partition coefficient (Wildman–Crippen LogP) is 3.21. The molecule has 1 aromatic carbocycles. The second-order valence-corrected chi connectivity index (χ2v) is 5.22.